The molecule has 0 aromatic heterocycles. The average Bonchev–Trinajstić information content (AvgIpc) is 2.47. The van der Waals surface area contributed by atoms with Gasteiger partial charge in [-0.25, -0.2) is 0 Å². The first-order chi connectivity index (χ1) is 6.58. The van der Waals surface area contributed by atoms with Gasteiger partial charge >= 0.3 is 0 Å². The van der Waals surface area contributed by atoms with Crippen molar-refractivity contribution in [3.63, 3.8) is 0 Å². The third-order valence-corrected chi connectivity index (χ3v) is 3.25. The van der Waals surface area contributed by atoms with Gasteiger partial charge in [-0.3, -0.25) is 4.79 Å². The van der Waals surface area contributed by atoms with E-state index in [4.69, 9.17) is 0 Å². The lowest BCUT2D eigenvalue weighted by Crippen LogP contribution is -2.28. The maximum Gasteiger partial charge on any atom is 0.178 e. The van der Waals surface area contributed by atoms with E-state index in [-0.39, 0.29) is 0 Å². The maximum atomic E-state index is 11.7. The van der Waals surface area contributed by atoms with Crippen LogP contribution in [-0.4, -0.2) is 23.8 Å². The first-order valence-electron chi connectivity index (χ1n) is 5.57. The van der Waals surface area contributed by atoms with Crippen LogP contribution >= 0.6 is 0 Å². The van der Waals surface area contributed by atoms with Gasteiger partial charge < -0.3 is 4.90 Å². The number of Topliss-reactive ketones (excluding diaryl/α,β-unsaturated/α-hetero) is 1. The zero-order valence-corrected chi connectivity index (χ0v) is 9.18. The Balaban J connectivity index is 2.09. The topological polar surface area (TPSA) is 20.3 Å². The van der Waals surface area contributed by atoms with E-state index in [1.165, 1.54) is 6.42 Å². The van der Waals surface area contributed by atoms with Crippen LogP contribution in [-0.2, 0) is 4.79 Å². The Bertz CT molecular complexity index is 278. The minimum Gasteiger partial charge on any atom is -0.368 e. The Morgan fingerprint density at radius 3 is 2.79 bits per heavy atom. The molecule has 78 valence electrons. The molecular formula is C12H19NO. The quantitative estimate of drug-likeness (QED) is 0.637. The van der Waals surface area contributed by atoms with Crippen LogP contribution < -0.4 is 0 Å². The Kier molecular flexibility index (Phi) is 2.38. The van der Waals surface area contributed by atoms with E-state index in [0.717, 1.165) is 38.0 Å². The highest BCUT2D eigenvalue weighted by Gasteiger charge is 2.32. The van der Waals surface area contributed by atoms with Gasteiger partial charge in [0.25, 0.3) is 0 Å². The van der Waals surface area contributed by atoms with Gasteiger partial charge in [0.1, 0.15) is 0 Å². The van der Waals surface area contributed by atoms with E-state index in [1.54, 1.807) is 0 Å². The van der Waals surface area contributed by atoms with Gasteiger partial charge in [0, 0.05) is 19.5 Å². The molecule has 0 atom stereocenters. The highest BCUT2D eigenvalue weighted by atomic mass is 16.1. The third-order valence-electron chi connectivity index (χ3n) is 3.25. The molecule has 1 aliphatic heterocycles. The summed E-state index contributed by atoms with van der Waals surface area (Å²) in [4.78, 5) is 14.0. The predicted molar refractivity (Wildman–Crippen MR) is 56.9 cm³/mol. The normalized spacial score (nSPS) is 26.6. The highest BCUT2D eigenvalue weighted by Crippen LogP contribution is 2.32. The molecule has 0 radical (unpaired) electrons. The van der Waals surface area contributed by atoms with Crippen molar-refractivity contribution in [3.8, 4) is 0 Å². The smallest absolute Gasteiger partial charge is 0.178 e. The van der Waals surface area contributed by atoms with Crippen LogP contribution in [0.4, 0.5) is 0 Å². The van der Waals surface area contributed by atoms with E-state index in [1.807, 2.05) is 0 Å². The Labute approximate surface area is 86.0 Å². The summed E-state index contributed by atoms with van der Waals surface area (Å²) < 4.78 is 0. The van der Waals surface area contributed by atoms with E-state index < -0.39 is 0 Å². The summed E-state index contributed by atoms with van der Waals surface area (Å²) in [6.45, 7) is 6.66. The molecule has 1 saturated heterocycles. The number of hydrogen-bond donors (Lipinski definition) is 0. The summed E-state index contributed by atoms with van der Waals surface area (Å²) >= 11 is 0. The average molecular weight is 193 g/mol. The van der Waals surface area contributed by atoms with Gasteiger partial charge in [-0.05, 0) is 24.7 Å². The summed E-state index contributed by atoms with van der Waals surface area (Å²) in [7, 11) is 0. The Hall–Kier alpha value is -0.790. The number of nitrogens with zero attached hydrogens (tertiary/aromatic N) is 1. The summed E-state index contributed by atoms with van der Waals surface area (Å²) in [5, 5.41) is 0. The van der Waals surface area contributed by atoms with Crippen molar-refractivity contribution >= 4 is 5.78 Å². The van der Waals surface area contributed by atoms with Crippen molar-refractivity contribution in [2.75, 3.05) is 13.1 Å². The minimum absolute atomic E-state index is 0.356. The molecule has 1 aliphatic carbocycles. The molecule has 2 heteroatoms. The molecule has 0 bridgehead atoms. The first-order valence-corrected chi connectivity index (χ1v) is 5.57. The van der Waals surface area contributed by atoms with Gasteiger partial charge in [-0.15, -0.1) is 0 Å². The van der Waals surface area contributed by atoms with Crippen molar-refractivity contribution in [2.45, 2.75) is 39.5 Å². The number of rotatable bonds is 1. The van der Waals surface area contributed by atoms with E-state index in [0.29, 0.717) is 11.2 Å². The predicted octanol–water partition coefficient (Wildman–Crippen LogP) is 2.36. The highest BCUT2D eigenvalue weighted by molar-refractivity contribution is 5.95. The largest absolute Gasteiger partial charge is 0.368 e. The molecular weight excluding hydrogens is 174 g/mol. The molecule has 0 aromatic rings. The van der Waals surface area contributed by atoms with Gasteiger partial charge in [-0.2, -0.15) is 0 Å². The number of carbonyl (C=O) groups is 1. The van der Waals surface area contributed by atoms with E-state index >= 15 is 0 Å². The molecule has 1 fully saturated rings. The summed E-state index contributed by atoms with van der Waals surface area (Å²) in [5.41, 5.74) is 1.39. The summed E-state index contributed by atoms with van der Waals surface area (Å²) in [6.07, 6.45) is 6.21. The fraction of sp³-hybridized carbons (Fsp3) is 0.750. The molecule has 2 nitrogen and oxygen atoms in total. The number of allylic oxidation sites excluding steroid dienone is 2. The summed E-state index contributed by atoms with van der Waals surface area (Å²) in [6, 6.07) is 0. The molecule has 2 rings (SSSR count). The molecule has 14 heavy (non-hydrogen) atoms. The van der Waals surface area contributed by atoms with Crippen molar-refractivity contribution < 1.29 is 4.79 Å². The van der Waals surface area contributed by atoms with Gasteiger partial charge in [0.15, 0.2) is 5.78 Å². The van der Waals surface area contributed by atoms with Crippen molar-refractivity contribution in [1.82, 2.24) is 4.90 Å². The zero-order chi connectivity index (χ0) is 10.2. The second-order valence-electron chi connectivity index (χ2n) is 5.24. The SMILES string of the molecule is CC1(C)CCN(C2=CCCCC2=O)C1. The molecule has 0 amide bonds. The Morgan fingerprint density at radius 2 is 2.21 bits per heavy atom. The van der Waals surface area contributed by atoms with Crippen molar-refractivity contribution in [3.05, 3.63) is 11.8 Å². The zero-order valence-electron chi connectivity index (χ0n) is 9.18. The van der Waals surface area contributed by atoms with Crippen LogP contribution in [0.3, 0.4) is 0 Å². The standard InChI is InChI=1S/C12H19NO/c1-12(2)7-8-13(9-12)10-5-3-4-6-11(10)14/h5H,3-4,6-9H2,1-2H3. The first kappa shape index (κ1) is 9.75. The molecule has 2 aliphatic rings. The number of likely N-dealkylation sites (tertiary alicyclic amines) is 1. The molecule has 0 saturated carbocycles. The van der Waals surface area contributed by atoms with Crippen molar-refractivity contribution in [1.29, 1.82) is 0 Å². The van der Waals surface area contributed by atoms with Gasteiger partial charge in [0.05, 0.1) is 5.70 Å². The third kappa shape index (κ3) is 1.84. The monoisotopic (exact) mass is 193 g/mol. The van der Waals surface area contributed by atoms with Crippen LogP contribution in [0.5, 0.6) is 0 Å². The lowest BCUT2D eigenvalue weighted by atomic mass is 9.93. The second kappa shape index (κ2) is 3.41. The van der Waals surface area contributed by atoms with Crippen LogP contribution in [0.15, 0.2) is 11.8 Å². The fourth-order valence-electron chi connectivity index (χ4n) is 2.37. The lowest BCUT2D eigenvalue weighted by molar-refractivity contribution is -0.117. The van der Waals surface area contributed by atoms with Gasteiger partial charge in [-0.1, -0.05) is 19.9 Å². The Morgan fingerprint density at radius 1 is 1.43 bits per heavy atom. The van der Waals surface area contributed by atoms with Gasteiger partial charge in [0.2, 0.25) is 0 Å². The van der Waals surface area contributed by atoms with Crippen LogP contribution in [0.2, 0.25) is 0 Å². The lowest BCUT2D eigenvalue weighted by Gasteiger charge is -2.25. The fourth-order valence-corrected chi connectivity index (χ4v) is 2.37. The molecule has 1 heterocycles. The number of hydrogen-bond acceptors (Lipinski definition) is 2. The molecule has 0 N–H and O–H groups in total. The van der Waals surface area contributed by atoms with E-state index in [9.17, 15) is 4.79 Å². The van der Waals surface area contributed by atoms with Crippen LogP contribution in [0, 0.1) is 5.41 Å². The van der Waals surface area contributed by atoms with Crippen molar-refractivity contribution in [2.24, 2.45) is 5.41 Å². The second-order valence-corrected chi connectivity index (χ2v) is 5.24. The van der Waals surface area contributed by atoms with Crippen LogP contribution in [0.25, 0.3) is 0 Å². The minimum atomic E-state index is 0.356. The summed E-state index contributed by atoms with van der Waals surface area (Å²) in [5.74, 6) is 0.356. The maximum absolute atomic E-state index is 11.7. The molecule has 0 unspecified atom stereocenters. The van der Waals surface area contributed by atoms with E-state index in [2.05, 4.69) is 24.8 Å². The number of carbonyl (C=O) groups excluding carboxylic acids is 1. The number of ketones is 1. The van der Waals surface area contributed by atoms with Crippen LogP contribution in [0.1, 0.15) is 39.5 Å². The molecule has 0 spiro atoms. The molecule has 0 aromatic carbocycles.